The first-order valence-electron chi connectivity index (χ1n) is 3.95. The molecule has 3 heteroatoms. The highest BCUT2D eigenvalue weighted by molar-refractivity contribution is 5.98. The number of benzene rings is 1. The van der Waals surface area contributed by atoms with Crippen LogP contribution in [0.3, 0.4) is 0 Å². The molecule has 0 fully saturated rings. The highest BCUT2D eigenvalue weighted by Crippen LogP contribution is 2.18. The molecule has 1 aromatic carbocycles. The number of nitrogens with one attached hydrogen (secondary N) is 1. The lowest BCUT2D eigenvalue weighted by Gasteiger charge is -2.04. The van der Waals surface area contributed by atoms with Crippen molar-refractivity contribution in [3.05, 3.63) is 41.7 Å². The first-order valence-corrected chi connectivity index (χ1v) is 3.95. The van der Waals surface area contributed by atoms with Crippen LogP contribution in [0.2, 0.25) is 0 Å². The number of hydrogen-bond donors (Lipinski definition) is 1. The van der Waals surface area contributed by atoms with E-state index in [1.807, 2.05) is 12.1 Å². The van der Waals surface area contributed by atoms with Crippen LogP contribution >= 0.6 is 0 Å². The van der Waals surface area contributed by atoms with Gasteiger partial charge < -0.3 is 5.32 Å². The second kappa shape index (κ2) is 3.23. The second-order valence-corrected chi connectivity index (χ2v) is 2.66. The maximum absolute atomic E-state index is 10.7. The Morgan fingerprint density at radius 1 is 1.38 bits per heavy atom. The van der Waals surface area contributed by atoms with E-state index < -0.39 is 0 Å². The van der Waals surface area contributed by atoms with E-state index in [-0.39, 0.29) is 0 Å². The van der Waals surface area contributed by atoms with Gasteiger partial charge in [0.25, 0.3) is 0 Å². The van der Waals surface area contributed by atoms with E-state index >= 15 is 0 Å². The van der Waals surface area contributed by atoms with Gasteiger partial charge in [0.2, 0.25) is 0 Å². The molecule has 0 unspecified atom stereocenters. The van der Waals surface area contributed by atoms with E-state index in [9.17, 15) is 4.79 Å². The Balaban J connectivity index is 2.61. The molecule has 1 N–H and O–H groups in total. The van der Waals surface area contributed by atoms with Crippen LogP contribution in [0, 0.1) is 0 Å². The number of carbonyl (C=O) groups excluding carboxylic acids is 1. The zero-order chi connectivity index (χ0) is 9.10. The van der Waals surface area contributed by atoms with Crippen LogP contribution in [0.5, 0.6) is 0 Å². The summed E-state index contributed by atoms with van der Waals surface area (Å²) in [5.74, 6) is 0. The lowest BCUT2D eigenvalue weighted by Crippen LogP contribution is -1.96. The first-order chi connectivity index (χ1) is 6.42. The normalized spacial score (nSPS) is 12.9. The van der Waals surface area contributed by atoms with Crippen LogP contribution in [0.25, 0.3) is 0 Å². The zero-order valence-electron chi connectivity index (χ0n) is 6.90. The summed E-state index contributed by atoms with van der Waals surface area (Å²) in [5.41, 5.74) is 2.39. The van der Waals surface area contributed by atoms with Crippen molar-refractivity contribution < 1.29 is 4.79 Å². The number of hydrogen-bond acceptors (Lipinski definition) is 3. The number of anilines is 1. The third-order valence-corrected chi connectivity index (χ3v) is 1.87. The topological polar surface area (TPSA) is 41.5 Å². The average Bonchev–Trinajstić information content (AvgIpc) is 2.41. The monoisotopic (exact) mass is 172 g/mol. The molecule has 0 atom stereocenters. The number of carbonyl (C=O) groups is 1. The SMILES string of the molecule is O=Cc1cccc2c1C=NC=CN2. The summed E-state index contributed by atoms with van der Waals surface area (Å²) in [6.07, 6.45) is 5.89. The zero-order valence-corrected chi connectivity index (χ0v) is 6.90. The summed E-state index contributed by atoms with van der Waals surface area (Å²) in [7, 11) is 0. The number of nitrogens with zero attached hydrogens (tertiary/aromatic N) is 1. The number of rotatable bonds is 1. The van der Waals surface area contributed by atoms with Crippen LogP contribution in [0.1, 0.15) is 15.9 Å². The lowest BCUT2D eigenvalue weighted by molar-refractivity contribution is 0.112. The molecule has 0 saturated carbocycles. The van der Waals surface area contributed by atoms with E-state index in [4.69, 9.17) is 0 Å². The first kappa shape index (κ1) is 7.73. The fraction of sp³-hybridized carbons (Fsp3) is 0. The summed E-state index contributed by atoms with van der Waals surface area (Å²) >= 11 is 0. The van der Waals surface area contributed by atoms with Crippen molar-refractivity contribution in [2.45, 2.75) is 0 Å². The molecule has 0 aliphatic carbocycles. The quantitative estimate of drug-likeness (QED) is 0.656. The third kappa shape index (κ3) is 1.36. The van der Waals surface area contributed by atoms with E-state index in [2.05, 4.69) is 10.3 Å². The van der Waals surface area contributed by atoms with Crippen molar-refractivity contribution >= 4 is 18.2 Å². The van der Waals surface area contributed by atoms with Gasteiger partial charge in [0, 0.05) is 35.4 Å². The molecular formula is C10H8N2O. The molecular weight excluding hydrogens is 164 g/mol. The summed E-state index contributed by atoms with van der Waals surface area (Å²) in [5, 5.41) is 3.04. The Morgan fingerprint density at radius 3 is 3.15 bits per heavy atom. The Bertz CT molecular complexity index is 394. The second-order valence-electron chi connectivity index (χ2n) is 2.66. The fourth-order valence-electron chi connectivity index (χ4n) is 1.24. The van der Waals surface area contributed by atoms with Gasteiger partial charge in [0.1, 0.15) is 0 Å². The van der Waals surface area contributed by atoms with Crippen molar-refractivity contribution in [1.29, 1.82) is 0 Å². The maximum Gasteiger partial charge on any atom is 0.150 e. The molecule has 3 nitrogen and oxygen atoms in total. The van der Waals surface area contributed by atoms with Gasteiger partial charge in [-0.2, -0.15) is 0 Å². The Kier molecular flexibility index (Phi) is 1.92. The van der Waals surface area contributed by atoms with E-state index in [0.29, 0.717) is 5.56 Å². The van der Waals surface area contributed by atoms with Gasteiger partial charge >= 0.3 is 0 Å². The van der Waals surface area contributed by atoms with Crippen molar-refractivity contribution in [3.63, 3.8) is 0 Å². The molecule has 2 rings (SSSR count). The highest BCUT2D eigenvalue weighted by atomic mass is 16.1. The van der Waals surface area contributed by atoms with Gasteiger partial charge in [-0.1, -0.05) is 12.1 Å². The number of fused-ring (bicyclic) bond motifs is 1. The van der Waals surface area contributed by atoms with Crippen LogP contribution in [-0.4, -0.2) is 12.5 Å². The summed E-state index contributed by atoms with van der Waals surface area (Å²) in [4.78, 5) is 14.7. The van der Waals surface area contributed by atoms with Crippen molar-refractivity contribution in [3.8, 4) is 0 Å². The molecule has 64 valence electrons. The third-order valence-electron chi connectivity index (χ3n) is 1.87. The molecule has 0 radical (unpaired) electrons. The van der Waals surface area contributed by atoms with Crippen LogP contribution in [0.15, 0.2) is 35.6 Å². The van der Waals surface area contributed by atoms with Crippen molar-refractivity contribution in [1.82, 2.24) is 0 Å². The molecule has 1 heterocycles. The van der Waals surface area contributed by atoms with Gasteiger partial charge in [0.05, 0.1) is 0 Å². The molecule has 1 aromatic rings. The number of aldehydes is 1. The molecule has 0 bridgehead atoms. The predicted molar refractivity (Wildman–Crippen MR) is 52.2 cm³/mol. The van der Waals surface area contributed by atoms with Crippen LogP contribution in [-0.2, 0) is 0 Å². The molecule has 0 amide bonds. The summed E-state index contributed by atoms with van der Waals surface area (Å²) < 4.78 is 0. The van der Waals surface area contributed by atoms with Gasteiger partial charge in [0.15, 0.2) is 6.29 Å². The maximum atomic E-state index is 10.7. The lowest BCUT2D eigenvalue weighted by atomic mass is 10.1. The van der Waals surface area contributed by atoms with E-state index in [1.165, 1.54) is 0 Å². The van der Waals surface area contributed by atoms with Gasteiger partial charge in [-0.15, -0.1) is 0 Å². The Hall–Kier alpha value is -1.90. The minimum atomic E-state index is 0.650. The van der Waals surface area contributed by atoms with Gasteiger partial charge in [-0.25, -0.2) is 0 Å². The molecule has 0 aromatic heterocycles. The molecule has 0 saturated heterocycles. The van der Waals surface area contributed by atoms with Gasteiger partial charge in [-0.05, 0) is 6.07 Å². The minimum absolute atomic E-state index is 0.650. The van der Waals surface area contributed by atoms with Crippen molar-refractivity contribution in [2.75, 3.05) is 5.32 Å². The largest absolute Gasteiger partial charge is 0.360 e. The Morgan fingerprint density at radius 2 is 2.31 bits per heavy atom. The van der Waals surface area contributed by atoms with Gasteiger partial charge in [-0.3, -0.25) is 9.79 Å². The smallest absolute Gasteiger partial charge is 0.150 e. The number of aliphatic imine (C=N–C) groups is 1. The molecule has 1 aliphatic heterocycles. The average molecular weight is 172 g/mol. The summed E-state index contributed by atoms with van der Waals surface area (Å²) in [6, 6.07) is 5.51. The standard InChI is InChI=1S/C10H8N2O/c13-7-8-2-1-3-10-9(8)6-11-4-5-12-10/h1-7,12H. The minimum Gasteiger partial charge on any atom is -0.360 e. The van der Waals surface area contributed by atoms with Crippen LogP contribution in [0.4, 0.5) is 5.69 Å². The van der Waals surface area contributed by atoms with E-state index in [1.54, 1.807) is 24.7 Å². The molecule has 0 spiro atoms. The van der Waals surface area contributed by atoms with E-state index in [0.717, 1.165) is 17.5 Å². The highest BCUT2D eigenvalue weighted by Gasteiger charge is 2.05. The van der Waals surface area contributed by atoms with Crippen LogP contribution < -0.4 is 5.32 Å². The Labute approximate surface area is 75.8 Å². The molecule has 1 aliphatic rings. The van der Waals surface area contributed by atoms with Crippen molar-refractivity contribution in [2.24, 2.45) is 4.99 Å². The summed E-state index contributed by atoms with van der Waals surface area (Å²) in [6.45, 7) is 0. The fourth-order valence-corrected chi connectivity index (χ4v) is 1.24. The predicted octanol–water partition coefficient (Wildman–Crippen LogP) is 1.81. The molecule has 13 heavy (non-hydrogen) atoms.